The van der Waals surface area contributed by atoms with Crippen LogP contribution in [0.25, 0.3) is 0 Å². The molecule has 9 heteroatoms. The third-order valence-electron chi connectivity index (χ3n) is 5.82. The van der Waals surface area contributed by atoms with Gasteiger partial charge in [-0.1, -0.05) is 48.0 Å². The number of aliphatic carboxylic acids is 2. The maximum absolute atomic E-state index is 12.6. The van der Waals surface area contributed by atoms with Gasteiger partial charge in [0.05, 0.1) is 23.3 Å². The molecule has 1 unspecified atom stereocenters. The number of amides is 1. The van der Waals surface area contributed by atoms with Crippen LogP contribution in [0.3, 0.4) is 0 Å². The molecule has 1 aliphatic heterocycles. The van der Waals surface area contributed by atoms with E-state index in [1.165, 1.54) is 11.1 Å². The molecular weight excluding hydrogens is 446 g/mol. The fourth-order valence-corrected chi connectivity index (χ4v) is 4.46. The van der Waals surface area contributed by atoms with Crippen molar-refractivity contribution in [2.75, 3.05) is 37.6 Å². The zero-order chi connectivity index (χ0) is 23.8. The number of carboxylic acids is 2. The zero-order valence-electron chi connectivity index (χ0n) is 18.2. The van der Waals surface area contributed by atoms with Crippen molar-refractivity contribution in [1.82, 2.24) is 10.2 Å². The van der Waals surface area contributed by atoms with Gasteiger partial charge in [-0.2, -0.15) is 0 Å². The molecule has 3 N–H and O–H groups in total. The predicted molar refractivity (Wildman–Crippen MR) is 126 cm³/mol. The normalized spacial score (nSPS) is 17.8. The van der Waals surface area contributed by atoms with Gasteiger partial charge in [0.1, 0.15) is 0 Å². The Hall–Kier alpha value is -3.10. The first-order valence-electron chi connectivity index (χ1n) is 10.9. The van der Waals surface area contributed by atoms with Crippen LogP contribution in [0.1, 0.15) is 30.0 Å². The Balaban J connectivity index is 0.000000454. The number of carboxylic acid groups (broad SMARTS) is 2. The van der Waals surface area contributed by atoms with Gasteiger partial charge in [-0.05, 0) is 42.5 Å². The minimum Gasteiger partial charge on any atom is -0.473 e. The topological polar surface area (TPSA) is 110 Å². The van der Waals surface area contributed by atoms with E-state index in [2.05, 4.69) is 45.4 Å². The minimum atomic E-state index is -1.82. The monoisotopic (exact) mass is 473 g/mol. The Kier molecular flexibility index (Phi) is 8.68. The molecule has 1 heterocycles. The number of nitrogens with zero attached hydrogens (tertiary/aromatic N) is 2. The van der Waals surface area contributed by atoms with Crippen LogP contribution in [0.5, 0.6) is 0 Å². The van der Waals surface area contributed by atoms with Crippen molar-refractivity contribution in [3.05, 3.63) is 64.7 Å². The molecule has 4 rings (SSSR count). The molecular formula is C24H28ClN3O5. The molecule has 1 atom stereocenters. The molecule has 8 nitrogen and oxygen atoms in total. The number of aryl methyl sites for hydroxylation is 1. The van der Waals surface area contributed by atoms with Crippen molar-refractivity contribution < 1.29 is 24.6 Å². The number of nitrogens with one attached hydrogen (secondary N) is 1. The molecule has 176 valence electrons. The molecule has 33 heavy (non-hydrogen) atoms. The fraction of sp³-hybridized carbons (Fsp3) is 0.375. The zero-order valence-corrected chi connectivity index (χ0v) is 19.0. The van der Waals surface area contributed by atoms with E-state index in [-0.39, 0.29) is 11.9 Å². The third-order valence-corrected chi connectivity index (χ3v) is 6.14. The van der Waals surface area contributed by atoms with Crippen molar-refractivity contribution in [3.8, 4) is 0 Å². The molecule has 0 aromatic heterocycles. The van der Waals surface area contributed by atoms with Crippen LogP contribution in [0, 0.1) is 0 Å². The van der Waals surface area contributed by atoms with E-state index >= 15 is 0 Å². The van der Waals surface area contributed by atoms with Gasteiger partial charge in [-0.25, -0.2) is 9.59 Å². The number of hydrogen-bond acceptors (Lipinski definition) is 5. The number of benzene rings is 2. The van der Waals surface area contributed by atoms with Gasteiger partial charge in [0.2, 0.25) is 5.91 Å². The van der Waals surface area contributed by atoms with Crippen LogP contribution in [-0.2, 0) is 20.8 Å². The molecule has 1 saturated heterocycles. The molecule has 1 amide bonds. The van der Waals surface area contributed by atoms with Crippen molar-refractivity contribution in [1.29, 1.82) is 0 Å². The average molecular weight is 474 g/mol. The van der Waals surface area contributed by atoms with E-state index in [0.717, 1.165) is 56.2 Å². The minimum absolute atomic E-state index is 0.128. The van der Waals surface area contributed by atoms with E-state index in [1.807, 2.05) is 18.2 Å². The summed E-state index contributed by atoms with van der Waals surface area (Å²) in [7, 11) is 0. The number of para-hydroxylation sites is 1. The Morgan fingerprint density at radius 3 is 2.24 bits per heavy atom. The maximum atomic E-state index is 12.6. The van der Waals surface area contributed by atoms with Crippen LogP contribution >= 0.6 is 11.6 Å². The summed E-state index contributed by atoms with van der Waals surface area (Å²) < 4.78 is 0. The summed E-state index contributed by atoms with van der Waals surface area (Å²) in [4.78, 5) is 35.3. The lowest BCUT2D eigenvalue weighted by Crippen LogP contribution is -2.50. The van der Waals surface area contributed by atoms with E-state index in [9.17, 15) is 4.79 Å². The van der Waals surface area contributed by atoms with Crippen molar-refractivity contribution >= 4 is 35.1 Å². The molecule has 0 bridgehead atoms. The molecule has 1 fully saturated rings. The molecule has 0 radical (unpaired) electrons. The first-order valence-corrected chi connectivity index (χ1v) is 11.3. The van der Waals surface area contributed by atoms with Crippen LogP contribution in [-0.4, -0.2) is 65.7 Å². The Labute approximate surface area is 197 Å². The molecule has 1 aliphatic carbocycles. The number of fused-ring (bicyclic) bond motifs is 1. The lowest BCUT2D eigenvalue weighted by molar-refractivity contribution is -0.159. The van der Waals surface area contributed by atoms with E-state index in [1.54, 1.807) is 0 Å². The van der Waals surface area contributed by atoms with Crippen molar-refractivity contribution in [3.63, 3.8) is 0 Å². The summed E-state index contributed by atoms with van der Waals surface area (Å²) in [6.45, 7) is 4.00. The van der Waals surface area contributed by atoms with Crippen LogP contribution in [0.15, 0.2) is 48.5 Å². The van der Waals surface area contributed by atoms with E-state index < -0.39 is 11.9 Å². The second kappa shape index (κ2) is 11.7. The fourth-order valence-electron chi connectivity index (χ4n) is 4.20. The lowest BCUT2D eigenvalue weighted by Gasteiger charge is -2.36. The SMILES string of the molecule is O=C(CN1CCN(c2ccccc2Cl)CC1)NC1CCCc2ccccc21.O=C(O)C(=O)O. The molecule has 2 aliphatic rings. The van der Waals surface area contributed by atoms with Gasteiger partial charge in [0.25, 0.3) is 0 Å². The Morgan fingerprint density at radius 1 is 0.939 bits per heavy atom. The first-order chi connectivity index (χ1) is 15.8. The second-order valence-corrected chi connectivity index (χ2v) is 8.44. The van der Waals surface area contributed by atoms with Gasteiger partial charge >= 0.3 is 11.9 Å². The maximum Gasteiger partial charge on any atom is 0.414 e. The highest BCUT2D eigenvalue weighted by molar-refractivity contribution is 6.33. The van der Waals surface area contributed by atoms with E-state index in [0.29, 0.717) is 6.54 Å². The number of carbonyl (C=O) groups excluding carboxylic acids is 1. The first kappa shape index (κ1) is 24.5. The summed E-state index contributed by atoms with van der Waals surface area (Å²) in [5.41, 5.74) is 3.75. The van der Waals surface area contributed by atoms with Gasteiger partial charge < -0.3 is 20.4 Å². The number of rotatable bonds is 4. The highest BCUT2D eigenvalue weighted by Crippen LogP contribution is 2.29. The van der Waals surface area contributed by atoms with Crippen molar-refractivity contribution in [2.24, 2.45) is 0 Å². The number of anilines is 1. The summed E-state index contributed by atoms with van der Waals surface area (Å²) in [5.74, 6) is -3.52. The number of hydrogen-bond donors (Lipinski definition) is 3. The highest BCUT2D eigenvalue weighted by Gasteiger charge is 2.24. The van der Waals surface area contributed by atoms with E-state index in [4.69, 9.17) is 31.4 Å². The highest BCUT2D eigenvalue weighted by atomic mass is 35.5. The van der Waals surface area contributed by atoms with Crippen molar-refractivity contribution in [2.45, 2.75) is 25.3 Å². The van der Waals surface area contributed by atoms with Crippen LogP contribution in [0.4, 0.5) is 5.69 Å². The van der Waals surface area contributed by atoms with Gasteiger partial charge in [-0.15, -0.1) is 0 Å². The molecule has 0 saturated carbocycles. The Morgan fingerprint density at radius 2 is 1.58 bits per heavy atom. The average Bonchev–Trinajstić information content (AvgIpc) is 2.81. The lowest BCUT2D eigenvalue weighted by atomic mass is 9.88. The summed E-state index contributed by atoms with van der Waals surface area (Å²) >= 11 is 6.31. The Bertz CT molecular complexity index is 980. The smallest absolute Gasteiger partial charge is 0.414 e. The number of carbonyl (C=O) groups is 3. The van der Waals surface area contributed by atoms with Crippen LogP contribution in [0.2, 0.25) is 5.02 Å². The standard InChI is InChI=1S/C22H26ClN3O.C2H2O4/c23-19-9-3-4-11-21(19)26-14-12-25(13-15-26)16-22(27)24-20-10-5-7-17-6-1-2-8-18(17)20;3-1(4)2(5)6/h1-4,6,8-9,11,20H,5,7,10,12-16H2,(H,24,27);(H,3,4)(H,5,6). The van der Waals surface area contributed by atoms with Gasteiger partial charge in [-0.3, -0.25) is 9.69 Å². The summed E-state index contributed by atoms with van der Waals surface area (Å²) in [5, 5.41) is 18.8. The molecule has 0 spiro atoms. The predicted octanol–water partition coefficient (Wildman–Crippen LogP) is 2.81. The van der Waals surface area contributed by atoms with Gasteiger partial charge in [0.15, 0.2) is 0 Å². The van der Waals surface area contributed by atoms with Gasteiger partial charge in [0, 0.05) is 26.2 Å². The number of halogens is 1. The number of piperazine rings is 1. The third kappa shape index (κ3) is 6.94. The summed E-state index contributed by atoms with van der Waals surface area (Å²) in [6.07, 6.45) is 3.29. The molecule has 2 aromatic carbocycles. The second-order valence-electron chi connectivity index (χ2n) is 8.04. The summed E-state index contributed by atoms with van der Waals surface area (Å²) in [6, 6.07) is 16.6. The molecule has 2 aromatic rings. The quantitative estimate of drug-likeness (QED) is 0.585. The van der Waals surface area contributed by atoms with Crippen LogP contribution < -0.4 is 10.2 Å². The largest absolute Gasteiger partial charge is 0.473 e.